The zero-order valence-corrected chi connectivity index (χ0v) is 23.6. The zero-order valence-electron chi connectivity index (χ0n) is 22.8. The molecule has 15 nitrogen and oxygen atoms in total. The topological polar surface area (TPSA) is 230 Å². The normalized spacial score (nSPS) is 11.8. The Morgan fingerprint density at radius 2 is 1.53 bits per heavy atom. The van der Waals surface area contributed by atoms with Gasteiger partial charge in [0.2, 0.25) is 0 Å². The van der Waals surface area contributed by atoms with Gasteiger partial charge >= 0.3 is 16.0 Å². The number of fused-ring (bicyclic) bond motifs is 1. The third kappa shape index (κ3) is 6.78. The van der Waals surface area contributed by atoms with Gasteiger partial charge in [0.25, 0.3) is 0 Å². The van der Waals surface area contributed by atoms with Crippen LogP contribution >= 0.6 is 0 Å². The standard InChI is InChI=1S/C27H25N7O8S/c1-3-40-22-14-21(23(41-4-2)13-20(22)31-30-18-7-5-6-16(10-18)27(36)34-37)32-33-25-24(43(38,39)42-29)11-15-8-9-17(28)12-19(15)26(25)35/h5-14,35H,3-4,28-29H2,1-2H3. The lowest BCUT2D eigenvalue weighted by Gasteiger charge is -2.13. The van der Waals surface area contributed by atoms with Crippen molar-refractivity contribution in [2.45, 2.75) is 18.7 Å². The molecule has 4 rings (SSSR count). The van der Waals surface area contributed by atoms with E-state index in [9.17, 15) is 23.2 Å². The molecule has 0 radical (unpaired) electrons. The number of nitrogen functional groups attached to an aromatic ring is 1. The number of nitrogens with zero attached hydrogens (tertiary/aromatic N) is 5. The van der Waals surface area contributed by atoms with E-state index in [1.54, 1.807) is 19.9 Å². The fraction of sp³-hybridized carbons (Fsp3) is 0.148. The monoisotopic (exact) mass is 607 g/mol. The van der Waals surface area contributed by atoms with Gasteiger partial charge in [-0.1, -0.05) is 12.1 Å². The first kappa shape index (κ1) is 30.6. The van der Waals surface area contributed by atoms with Crippen LogP contribution < -0.4 is 21.1 Å². The molecule has 0 saturated heterocycles. The molecule has 4 aromatic carbocycles. The van der Waals surface area contributed by atoms with Crippen LogP contribution in [0.1, 0.15) is 24.2 Å². The van der Waals surface area contributed by atoms with Crippen LogP contribution in [0.2, 0.25) is 0 Å². The number of phenolic OH excluding ortho intramolecular Hbond substituents is 1. The lowest BCUT2D eigenvalue weighted by atomic mass is 10.1. The number of aromatic hydroxyl groups is 1. The van der Waals surface area contributed by atoms with Crippen molar-refractivity contribution in [3.63, 3.8) is 0 Å². The van der Waals surface area contributed by atoms with E-state index in [1.807, 2.05) is 0 Å². The Labute approximate surface area is 244 Å². The number of nitroso groups, excluding NO2 is 1. The van der Waals surface area contributed by atoms with Crippen molar-refractivity contribution in [2.75, 3.05) is 18.9 Å². The third-order valence-electron chi connectivity index (χ3n) is 5.82. The van der Waals surface area contributed by atoms with E-state index in [-0.39, 0.29) is 52.7 Å². The molecule has 5 N–H and O–H groups in total. The van der Waals surface area contributed by atoms with Gasteiger partial charge in [-0.15, -0.1) is 20.2 Å². The van der Waals surface area contributed by atoms with Gasteiger partial charge < -0.3 is 20.3 Å². The van der Waals surface area contributed by atoms with Crippen LogP contribution in [-0.2, 0) is 14.4 Å². The summed E-state index contributed by atoms with van der Waals surface area (Å²) in [7, 11) is -4.54. The van der Waals surface area contributed by atoms with E-state index in [0.29, 0.717) is 11.1 Å². The molecule has 0 saturated carbocycles. The fourth-order valence-electron chi connectivity index (χ4n) is 3.90. The highest BCUT2D eigenvalue weighted by atomic mass is 32.2. The second-order valence-corrected chi connectivity index (χ2v) is 10.1. The number of nitrogens with two attached hydrogens (primary N) is 2. The average molecular weight is 608 g/mol. The molecule has 0 spiro atoms. The maximum Gasteiger partial charge on any atom is 0.316 e. The number of azo groups is 2. The van der Waals surface area contributed by atoms with Gasteiger partial charge in [0.1, 0.15) is 33.5 Å². The van der Waals surface area contributed by atoms with Gasteiger partial charge in [0, 0.05) is 33.9 Å². The number of amides is 1. The maximum atomic E-state index is 12.6. The summed E-state index contributed by atoms with van der Waals surface area (Å²) in [5, 5.41) is 30.5. The number of benzene rings is 4. The Morgan fingerprint density at radius 1 is 0.884 bits per heavy atom. The minimum Gasteiger partial charge on any atom is -0.505 e. The molecule has 0 unspecified atom stereocenters. The van der Waals surface area contributed by atoms with E-state index < -0.39 is 32.4 Å². The zero-order chi connectivity index (χ0) is 31.1. The molecule has 0 aliphatic carbocycles. The SMILES string of the molecule is CCOc1cc(N=Nc2c(S(=O)(=O)ON)cc3ccc(N)cc3c2O)c(OCC)cc1N=Nc1cccc(C(=O)N=O)c1. The third-order valence-corrected chi connectivity index (χ3v) is 6.92. The van der Waals surface area contributed by atoms with Crippen molar-refractivity contribution in [1.82, 2.24) is 0 Å². The molecule has 0 atom stereocenters. The Hall–Kier alpha value is -5.32. The molecule has 1 amide bonds. The van der Waals surface area contributed by atoms with Crippen molar-refractivity contribution in [3.8, 4) is 17.2 Å². The first-order valence-corrected chi connectivity index (χ1v) is 14.0. The average Bonchev–Trinajstić information content (AvgIpc) is 3.00. The summed E-state index contributed by atoms with van der Waals surface area (Å²) in [5.41, 5.74) is 6.35. The first-order chi connectivity index (χ1) is 20.6. The number of hydrogen-bond acceptors (Lipinski definition) is 14. The molecule has 0 fully saturated rings. The molecule has 43 heavy (non-hydrogen) atoms. The van der Waals surface area contributed by atoms with Crippen LogP contribution in [0.5, 0.6) is 17.2 Å². The predicted octanol–water partition coefficient (Wildman–Crippen LogP) is 6.24. The summed E-state index contributed by atoms with van der Waals surface area (Å²) < 4.78 is 40.8. The summed E-state index contributed by atoms with van der Waals surface area (Å²) in [5.74, 6) is 3.92. The van der Waals surface area contributed by atoms with Gasteiger partial charge in [-0.05, 0) is 55.6 Å². The van der Waals surface area contributed by atoms with Gasteiger partial charge in [0.15, 0.2) is 5.75 Å². The van der Waals surface area contributed by atoms with Crippen molar-refractivity contribution < 1.29 is 32.1 Å². The number of carbonyl (C=O) groups is 1. The molecular weight excluding hydrogens is 582 g/mol. The van der Waals surface area contributed by atoms with E-state index in [2.05, 4.69) is 29.9 Å². The quantitative estimate of drug-likeness (QED) is 0.0751. The van der Waals surface area contributed by atoms with E-state index >= 15 is 0 Å². The minimum atomic E-state index is -4.54. The number of phenols is 1. The molecule has 4 aromatic rings. The maximum absolute atomic E-state index is 12.6. The smallest absolute Gasteiger partial charge is 0.316 e. The number of ether oxygens (including phenoxy) is 2. The van der Waals surface area contributed by atoms with Crippen LogP contribution in [-0.4, -0.2) is 32.6 Å². The number of anilines is 1. The number of rotatable bonds is 11. The van der Waals surface area contributed by atoms with Crippen LogP contribution in [0.4, 0.5) is 28.4 Å². The molecule has 222 valence electrons. The summed E-state index contributed by atoms with van der Waals surface area (Å²) in [6.07, 6.45) is 0. The summed E-state index contributed by atoms with van der Waals surface area (Å²) in [4.78, 5) is 21.7. The highest BCUT2D eigenvalue weighted by Gasteiger charge is 2.25. The second-order valence-electron chi connectivity index (χ2n) is 8.60. The number of hydrogen-bond donors (Lipinski definition) is 3. The fourth-order valence-corrected chi connectivity index (χ4v) is 4.65. The molecule has 0 bridgehead atoms. The predicted molar refractivity (Wildman–Crippen MR) is 156 cm³/mol. The van der Waals surface area contributed by atoms with Crippen molar-refractivity contribution in [2.24, 2.45) is 31.5 Å². The van der Waals surface area contributed by atoms with Crippen LogP contribution in [0.25, 0.3) is 10.8 Å². The Morgan fingerprint density at radius 3 is 2.14 bits per heavy atom. The van der Waals surface area contributed by atoms with Gasteiger partial charge in [-0.3, -0.25) is 4.79 Å². The lowest BCUT2D eigenvalue weighted by Crippen LogP contribution is -2.11. The van der Waals surface area contributed by atoms with Gasteiger partial charge in [-0.25, -0.2) is 0 Å². The van der Waals surface area contributed by atoms with E-state index in [0.717, 1.165) is 0 Å². The summed E-state index contributed by atoms with van der Waals surface area (Å²) in [6.45, 7) is 3.90. The van der Waals surface area contributed by atoms with Gasteiger partial charge in [0.05, 0.1) is 18.9 Å². The Balaban J connectivity index is 1.83. The Bertz CT molecular complexity index is 1880. The molecule has 0 aliphatic heterocycles. The molecule has 0 aliphatic rings. The highest BCUT2D eigenvalue weighted by Crippen LogP contribution is 2.45. The number of carbonyl (C=O) groups excluding carboxylic acids is 1. The molecule has 0 aromatic heterocycles. The largest absolute Gasteiger partial charge is 0.505 e. The van der Waals surface area contributed by atoms with Crippen molar-refractivity contribution >= 4 is 55.2 Å². The minimum absolute atomic E-state index is 0.0447. The first-order valence-electron chi connectivity index (χ1n) is 12.5. The van der Waals surface area contributed by atoms with Crippen molar-refractivity contribution in [3.05, 3.63) is 71.1 Å². The van der Waals surface area contributed by atoms with Crippen LogP contribution in [0, 0.1) is 4.91 Å². The summed E-state index contributed by atoms with van der Waals surface area (Å²) >= 11 is 0. The highest BCUT2D eigenvalue weighted by molar-refractivity contribution is 7.86. The van der Waals surface area contributed by atoms with Gasteiger partial charge in [-0.2, -0.15) is 23.7 Å². The van der Waals surface area contributed by atoms with E-state index in [4.69, 9.17) is 21.1 Å². The molecular formula is C27H25N7O8S. The molecule has 0 heterocycles. The molecule has 16 heteroatoms. The lowest BCUT2D eigenvalue weighted by molar-refractivity contribution is 0.100. The van der Waals surface area contributed by atoms with Crippen molar-refractivity contribution in [1.29, 1.82) is 0 Å². The Kier molecular flexibility index (Phi) is 9.34. The van der Waals surface area contributed by atoms with Crippen LogP contribution in [0.3, 0.4) is 0 Å². The van der Waals surface area contributed by atoms with Crippen LogP contribution in [0.15, 0.2) is 91.2 Å². The summed E-state index contributed by atoms with van der Waals surface area (Å²) in [6, 6.07) is 14.5. The second kappa shape index (κ2) is 13.1. The van der Waals surface area contributed by atoms with E-state index in [1.165, 1.54) is 54.6 Å².